The third kappa shape index (κ3) is 9.24. The molecule has 0 radical (unpaired) electrons. The molecule has 0 aliphatic rings. The molecule has 29 heavy (non-hydrogen) atoms. The monoisotopic (exact) mass is 425 g/mol. The molecule has 2 atom stereocenters. The SMILES string of the molecule is CCCCC(CC)COP(=O)(OCC(CC)CCCC)N(CC)c1ccccc1. The van der Waals surface area contributed by atoms with Crippen LogP contribution in [0.5, 0.6) is 0 Å². The highest BCUT2D eigenvalue weighted by Gasteiger charge is 2.34. The Morgan fingerprint density at radius 3 is 1.69 bits per heavy atom. The zero-order valence-corrected chi connectivity index (χ0v) is 20.3. The Morgan fingerprint density at radius 2 is 1.31 bits per heavy atom. The molecule has 0 spiro atoms. The van der Waals surface area contributed by atoms with Gasteiger partial charge in [0.05, 0.1) is 13.2 Å². The van der Waals surface area contributed by atoms with Gasteiger partial charge in [-0.05, 0) is 43.7 Å². The summed E-state index contributed by atoms with van der Waals surface area (Å²) in [6.45, 7) is 12.3. The first-order valence-corrected chi connectivity index (χ1v) is 13.3. The van der Waals surface area contributed by atoms with Crippen molar-refractivity contribution in [1.82, 2.24) is 0 Å². The standard InChI is InChI=1S/C24H44NO3P/c1-6-11-16-22(8-3)20-27-29(26,28-21-23(9-4)17-12-7-2)25(10-5)24-18-14-13-15-19-24/h13-15,18-19,22-23H,6-12,16-17,20-21H2,1-5H3. The first-order chi connectivity index (χ1) is 14.0. The predicted octanol–water partition coefficient (Wildman–Crippen LogP) is 8.09. The highest BCUT2D eigenvalue weighted by Crippen LogP contribution is 2.54. The van der Waals surface area contributed by atoms with Gasteiger partial charge in [-0.2, -0.15) is 0 Å². The molecule has 4 nitrogen and oxygen atoms in total. The van der Waals surface area contributed by atoms with Crippen LogP contribution in [-0.4, -0.2) is 19.8 Å². The van der Waals surface area contributed by atoms with Gasteiger partial charge in [0.15, 0.2) is 0 Å². The van der Waals surface area contributed by atoms with Crippen LogP contribution in [-0.2, 0) is 13.6 Å². The first-order valence-electron chi connectivity index (χ1n) is 11.8. The number of nitrogens with zero attached hydrogens (tertiary/aromatic N) is 1. The van der Waals surface area contributed by atoms with E-state index in [4.69, 9.17) is 9.05 Å². The normalized spacial score (nSPS) is 15.6. The summed E-state index contributed by atoms with van der Waals surface area (Å²) in [6, 6.07) is 9.86. The zero-order chi connectivity index (χ0) is 21.5. The number of para-hydroxylation sites is 1. The summed E-state index contributed by atoms with van der Waals surface area (Å²) in [4.78, 5) is 0. The maximum atomic E-state index is 14.0. The topological polar surface area (TPSA) is 38.8 Å². The third-order valence-corrected chi connectivity index (χ3v) is 7.74. The molecule has 0 N–H and O–H groups in total. The fraction of sp³-hybridized carbons (Fsp3) is 0.750. The summed E-state index contributed by atoms with van der Waals surface area (Å²) in [5, 5.41) is 0. The number of benzene rings is 1. The van der Waals surface area contributed by atoms with Gasteiger partial charge in [0.2, 0.25) is 0 Å². The molecule has 168 valence electrons. The van der Waals surface area contributed by atoms with Crippen LogP contribution in [0.4, 0.5) is 5.69 Å². The third-order valence-electron chi connectivity index (χ3n) is 5.68. The molecule has 0 saturated carbocycles. The molecule has 5 heteroatoms. The van der Waals surface area contributed by atoms with Gasteiger partial charge in [-0.15, -0.1) is 0 Å². The Balaban J connectivity index is 2.97. The van der Waals surface area contributed by atoms with E-state index in [1.807, 2.05) is 41.9 Å². The van der Waals surface area contributed by atoms with Crippen molar-refractivity contribution in [1.29, 1.82) is 0 Å². The molecule has 2 unspecified atom stereocenters. The zero-order valence-electron chi connectivity index (χ0n) is 19.4. The number of hydrogen-bond donors (Lipinski definition) is 0. The summed E-state index contributed by atoms with van der Waals surface area (Å²) >= 11 is 0. The van der Waals surface area contributed by atoms with Crippen LogP contribution in [0, 0.1) is 11.8 Å². The summed E-state index contributed by atoms with van der Waals surface area (Å²) in [5.41, 5.74) is 0.890. The highest BCUT2D eigenvalue weighted by atomic mass is 31.2. The molecule has 0 aromatic heterocycles. The van der Waals surface area contributed by atoms with Crippen LogP contribution < -0.4 is 4.67 Å². The Morgan fingerprint density at radius 1 is 0.828 bits per heavy atom. The van der Waals surface area contributed by atoms with E-state index in [2.05, 4.69) is 27.7 Å². The lowest BCUT2D eigenvalue weighted by molar-refractivity contribution is 0.149. The predicted molar refractivity (Wildman–Crippen MR) is 126 cm³/mol. The average molecular weight is 426 g/mol. The van der Waals surface area contributed by atoms with Crippen LogP contribution >= 0.6 is 7.75 Å². The molecule has 1 aromatic rings. The van der Waals surface area contributed by atoms with Gasteiger partial charge in [-0.25, -0.2) is 4.57 Å². The second-order valence-electron chi connectivity index (χ2n) is 7.94. The van der Waals surface area contributed by atoms with Gasteiger partial charge in [0.25, 0.3) is 0 Å². The van der Waals surface area contributed by atoms with Crippen LogP contribution in [0.15, 0.2) is 30.3 Å². The molecule has 0 heterocycles. The second kappa shape index (κ2) is 15.0. The first kappa shape index (κ1) is 26.2. The van der Waals surface area contributed by atoms with Gasteiger partial charge in [-0.1, -0.05) is 84.4 Å². The molecule has 0 aliphatic carbocycles. The van der Waals surface area contributed by atoms with E-state index < -0.39 is 7.75 Å². The minimum Gasteiger partial charge on any atom is -0.292 e. The maximum absolute atomic E-state index is 14.0. The van der Waals surface area contributed by atoms with Gasteiger partial charge < -0.3 is 0 Å². The van der Waals surface area contributed by atoms with E-state index in [0.29, 0.717) is 31.6 Å². The van der Waals surface area contributed by atoms with Gasteiger partial charge >= 0.3 is 7.75 Å². The Labute approximate surface area is 180 Å². The summed E-state index contributed by atoms with van der Waals surface area (Å²) in [6.07, 6.45) is 8.99. The molecular formula is C24H44NO3P. The second-order valence-corrected chi connectivity index (χ2v) is 9.88. The van der Waals surface area contributed by atoms with Gasteiger partial charge in [0.1, 0.15) is 0 Å². The van der Waals surface area contributed by atoms with E-state index in [1.165, 1.54) is 25.7 Å². The fourth-order valence-electron chi connectivity index (χ4n) is 3.47. The van der Waals surface area contributed by atoms with Crippen molar-refractivity contribution in [2.75, 3.05) is 24.4 Å². The highest BCUT2D eigenvalue weighted by molar-refractivity contribution is 7.55. The van der Waals surface area contributed by atoms with E-state index >= 15 is 0 Å². The Bertz CT molecular complexity index is 543. The molecule has 0 aliphatic heterocycles. The minimum absolute atomic E-state index is 0.420. The largest absolute Gasteiger partial charge is 0.435 e. The van der Waals surface area contributed by atoms with E-state index in [1.54, 1.807) is 0 Å². The van der Waals surface area contributed by atoms with Crippen molar-refractivity contribution in [3.8, 4) is 0 Å². The van der Waals surface area contributed by atoms with Crippen molar-refractivity contribution >= 4 is 13.4 Å². The van der Waals surface area contributed by atoms with Crippen LogP contribution in [0.2, 0.25) is 0 Å². The van der Waals surface area contributed by atoms with Crippen molar-refractivity contribution in [2.45, 2.75) is 86.0 Å². The van der Waals surface area contributed by atoms with Gasteiger partial charge in [-0.3, -0.25) is 13.7 Å². The Kier molecular flexibility index (Phi) is 13.6. The number of anilines is 1. The van der Waals surface area contributed by atoms with E-state index in [0.717, 1.165) is 31.4 Å². The number of hydrogen-bond acceptors (Lipinski definition) is 3. The molecule has 0 fully saturated rings. The molecule has 0 saturated heterocycles. The Hall–Kier alpha value is -0.830. The summed E-state index contributed by atoms with van der Waals surface area (Å²) in [7, 11) is -3.42. The van der Waals surface area contributed by atoms with E-state index in [9.17, 15) is 4.57 Å². The van der Waals surface area contributed by atoms with Crippen LogP contribution in [0.1, 0.15) is 86.0 Å². The van der Waals surface area contributed by atoms with E-state index in [-0.39, 0.29) is 0 Å². The molecular weight excluding hydrogens is 381 g/mol. The van der Waals surface area contributed by atoms with Gasteiger partial charge in [0, 0.05) is 12.2 Å². The fourth-order valence-corrected chi connectivity index (χ4v) is 5.38. The quantitative estimate of drug-likeness (QED) is 0.236. The summed E-state index contributed by atoms with van der Waals surface area (Å²) < 4.78 is 28.1. The minimum atomic E-state index is -3.42. The van der Waals surface area contributed by atoms with Crippen molar-refractivity contribution < 1.29 is 13.6 Å². The maximum Gasteiger partial charge on any atom is 0.435 e. The lowest BCUT2D eigenvalue weighted by atomic mass is 10.0. The lowest BCUT2D eigenvalue weighted by Crippen LogP contribution is -2.25. The average Bonchev–Trinajstić information content (AvgIpc) is 2.75. The van der Waals surface area contributed by atoms with Crippen molar-refractivity contribution in [2.24, 2.45) is 11.8 Å². The van der Waals surface area contributed by atoms with Crippen LogP contribution in [0.3, 0.4) is 0 Å². The molecule has 0 bridgehead atoms. The van der Waals surface area contributed by atoms with Crippen molar-refractivity contribution in [3.63, 3.8) is 0 Å². The van der Waals surface area contributed by atoms with Crippen molar-refractivity contribution in [3.05, 3.63) is 30.3 Å². The summed E-state index contributed by atoms with van der Waals surface area (Å²) in [5.74, 6) is 0.840. The van der Waals surface area contributed by atoms with Crippen LogP contribution in [0.25, 0.3) is 0 Å². The number of rotatable bonds is 17. The lowest BCUT2D eigenvalue weighted by Gasteiger charge is -2.33. The number of unbranched alkanes of at least 4 members (excludes halogenated alkanes) is 2. The molecule has 0 amide bonds. The smallest absolute Gasteiger partial charge is 0.292 e. The molecule has 1 aromatic carbocycles. The molecule has 1 rings (SSSR count).